The molecule has 0 radical (unpaired) electrons. The molecule has 0 amide bonds. The maximum Gasteiger partial charge on any atom is 0.271 e. The second kappa shape index (κ2) is 5.63. The van der Waals surface area contributed by atoms with Crippen LogP contribution < -0.4 is 11.0 Å². The van der Waals surface area contributed by atoms with E-state index in [1.165, 1.54) is 17.6 Å². The molecule has 27 heavy (non-hydrogen) atoms. The highest BCUT2D eigenvalue weighted by molar-refractivity contribution is 7.12. The molecule has 1 aliphatic carbocycles. The number of hydrogen-bond donors (Lipinski definition) is 1. The Bertz CT molecular complexity index is 1360. The summed E-state index contributed by atoms with van der Waals surface area (Å²) in [5.74, 6) is -0.445. The van der Waals surface area contributed by atoms with Crippen LogP contribution in [0.2, 0.25) is 0 Å². The molecule has 1 saturated carbocycles. The minimum atomic E-state index is -0.445. The minimum absolute atomic E-state index is 0.137. The lowest BCUT2D eigenvalue weighted by Crippen LogP contribution is -2.15. The Kier molecular flexibility index (Phi) is 3.43. The Morgan fingerprint density at radius 1 is 1.11 bits per heavy atom. The summed E-state index contributed by atoms with van der Waals surface area (Å²) >= 11 is 1.18. The van der Waals surface area contributed by atoms with Gasteiger partial charge in [-0.1, -0.05) is 23.8 Å². The maximum absolute atomic E-state index is 15.0. The summed E-state index contributed by atoms with van der Waals surface area (Å²) in [7, 11) is 0. The Morgan fingerprint density at radius 3 is 2.59 bits per heavy atom. The summed E-state index contributed by atoms with van der Waals surface area (Å²) in [6.45, 7) is 3.96. The van der Waals surface area contributed by atoms with Gasteiger partial charge in [0.1, 0.15) is 16.0 Å². The first kappa shape index (κ1) is 16.4. The standard InChI is InChI=1S/C21H17FN2O2S/c1-10-3-6-13(11(2)7-10)14-9-17-15(8-16(14)22)19(25)18-20(26)23-27-21(18)24(17)12-4-5-12/h3,6-9,12H,4-5H2,1-2H3,(H,23,26). The third-order valence-corrected chi connectivity index (χ3v) is 6.18. The normalized spacial score (nSPS) is 14.3. The van der Waals surface area contributed by atoms with Crippen molar-refractivity contribution in [2.75, 3.05) is 0 Å². The van der Waals surface area contributed by atoms with Crippen molar-refractivity contribution >= 4 is 32.7 Å². The summed E-state index contributed by atoms with van der Waals surface area (Å²) in [5.41, 5.74) is 3.31. The van der Waals surface area contributed by atoms with Crippen molar-refractivity contribution in [2.45, 2.75) is 32.7 Å². The molecule has 4 aromatic rings. The van der Waals surface area contributed by atoms with E-state index in [0.717, 1.165) is 29.5 Å². The topological polar surface area (TPSA) is 54.9 Å². The molecule has 5 rings (SSSR count). The van der Waals surface area contributed by atoms with Gasteiger partial charge in [0.05, 0.1) is 5.52 Å². The summed E-state index contributed by atoms with van der Waals surface area (Å²) in [4.78, 5) is 25.7. The number of H-pyrrole nitrogens is 1. The average Bonchev–Trinajstić information content (AvgIpc) is 3.38. The summed E-state index contributed by atoms with van der Waals surface area (Å²) < 4.78 is 19.7. The molecule has 136 valence electrons. The zero-order chi connectivity index (χ0) is 18.9. The number of aromatic amines is 1. The monoisotopic (exact) mass is 380 g/mol. The largest absolute Gasteiger partial charge is 0.328 e. The van der Waals surface area contributed by atoms with Crippen LogP contribution in [0.5, 0.6) is 0 Å². The Morgan fingerprint density at radius 2 is 1.89 bits per heavy atom. The molecule has 2 aromatic carbocycles. The molecular formula is C21H17FN2O2S. The molecule has 0 saturated heterocycles. The van der Waals surface area contributed by atoms with Gasteiger partial charge >= 0.3 is 0 Å². The molecule has 0 aliphatic heterocycles. The lowest BCUT2D eigenvalue weighted by molar-refractivity contribution is 0.632. The van der Waals surface area contributed by atoms with Gasteiger partial charge in [-0.15, -0.1) is 0 Å². The van der Waals surface area contributed by atoms with Crippen LogP contribution in [0.15, 0.2) is 39.9 Å². The van der Waals surface area contributed by atoms with E-state index in [0.29, 0.717) is 15.9 Å². The molecular weight excluding hydrogens is 363 g/mol. The molecule has 2 aromatic heterocycles. The van der Waals surface area contributed by atoms with Crippen LogP contribution >= 0.6 is 11.5 Å². The van der Waals surface area contributed by atoms with E-state index in [-0.39, 0.29) is 16.8 Å². The third kappa shape index (κ3) is 2.40. The Balaban J connectivity index is 1.93. The zero-order valence-electron chi connectivity index (χ0n) is 14.9. The number of rotatable bonds is 2. The van der Waals surface area contributed by atoms with Crippen LogP contribution in [0, 0.1) is 19.7 Å². The van der Waals surface area contributed by atoms with Crippen LogP contribution in [0.25, 0.3) is 32.2 Å². The first-order valence-corrected chi connectivity index (χ1v) is 9.74. The van der Waals surface area contributed by atoms with E-state index in [4.69, 9.17) is 0 Å². The number of aromatic nitrogens is 2. The van der Waals surface area contributed by atoms with Crippen molar-refractivity contribution in [1.82, 2.24) is 8.94 Å². The number of nitrogens with zero attached hydrogens (tertiary/aromatic N) is 1. The summed E-state index contributed by atoms with van der Waals surface area (Å²) in [6, 6.07) is 9.21. The van der Waals surface area contributed by atoms with Crippen LogP contribution in [0.1, 0.15) is 30.0 Å². The Labute approximate surface area is 158 Å². The van der Waals surface area contributed by atoms with Gasteiger partial charge in [-0.05, 0) is 61.5 Å². The van der Waals surface area contributed by atoms with E-state index >= 15 is 4.39 Å². The lowest BCUT2D eigenvalue weighted by atomic mass is 9.97. The fraction of sp³-hybridized carbons (Fsp3) is 0.238. The minimum Gasteiger partial charge on any atom is -0.328 e. The van der Waals surface area contributed by atoms with E-state index in [2.05, 4.69) is 4.37 Å². The molecule has 4 nitrogen and oxygen atoms in total. The summed E-state index contributed by atoms with van der Waals surface area (Å²) in [5, 5.41) is 0.405. The molecule has 0 spiro atoms. The third-order valence-electron chi connectivity index (χ3n) is 5.30. The van der Waals surface area contributed by atoms with Crippen molar-refractivity contribution in [1.29, 1.82) is 0 Å². The van der Waals surface area contributed by atoms with Crippen LogP contribution in [-0.4, -0.2) is 8.94 Å². The van der Waals surface area contributed by atoms with E-state index in [9.17, 15) is 9.59 Å². The van der Waals surface area contributed by atoms with Crippen LogP contribution in [0.3, 0.4) is 0 Å². The molecule has 0 unspecified atom stereocenters. The highest BCUT2D eigenvalue weighted by Gasteiger charge is 2.29. The quantitative estimate of drug-likeness (QED) is 0.550. The number of fused-ring (bicyclic) bond motifs is 2. The number of nitrogens with one attached hydrogen (secondary N) is 1. The van der Waals surface area contributed by atoms with Crippen LogP contribution in [-0.2, 0) is 0 Å². The number of aryl methyl sites for hydroxylation is 2. The number of halogens is 1. The molecule has 1 aliphatic rings. The highest BCUT2D eigenvalue weighted by atomic mass is 32.1. The van der Waals surface area contributed by atoms with Crippen molar-refractivity contribution in [3.63, 3.8) is 0 Å². The van der Waals surface area contributed by atoms with Gasteiger partial charge in [0, 0.05) is 17.0 Å². The predicted octanol–water partition coefficient (Wildman–Crippen LogP) is 4.66. The number of hydrogen-bond acceptors (Lipinski definition) is 3. The van der Waals surface area contributed by atoms with Gasteiger partial charge in [-0.3, -0.25) is 14.0 Å². The van der Waals surface area contributed by atoms with Crippen LogP contribution in [0.4, 0.5) is 4.39 Å². The van der Waals surface area contributed by atoms with E-state index in [1.807, 2.05) is 36.6 Å². The van der Waals surface area contributed by atoms with E-state index in [1.54, 1.807) is 6.07 Å². The second-order valence-corrected chi connectivity index (χ2v) is 8.11. The average molecular weight is 380 g/mol. The van der Waals surface area contributed by atoms with Gasteiger partial charge in [-0.25, -0.2) is 4.39 Å². The first-order valence-electron chi connectivity index (χ1n) is 8.92. The van der Waals surface area contributed by atoms with Gasteiger partial charge in [-0.2, -0.15) is 0 Å². The molecule has 0 bridgehead atoms. The van der Waals surface area contributed by atoms with E-state index < -0.39 is 16.8 Å². The van der Waals surface area contributed by atoms with Crippen molar-refractivity contribution in [2.24, 2.45) is 0 Å². The SMILES string of the molecule is Cc1ccc(-c2cc3c(cc2F)c(=O)c2c(=O)[nH]sc2n3C2CC2)c(C)c1. The van der Waals surface area contributed by atoms with Gasteiger partial charge in [0.25, 0.3) is 5.56 Å². The fourth-order valence-corrected chi connectivity index (χ4v) is 4.79. The molecule has 6 heteroatoms. The van der Waals surface area contributed by atoms with Gasteiger partial charge < -0.3 is 4.57 Å². The fourth-order valence-electron chi connectivity index (χ4n) is 3.87. The molecule has 2 heterocycles. The van der Waals surface area contributed by atoms with Crippen molar-refractivity contribution in [3.05, 3.63) is 67.9 Å². The molecule has 1 N–H and O–H groups in total. The summed E-state index contributed by atoms with van der Waals surface area (Å²) in [6.07, 6.45) is 1.99. The van der Waals surface area contributed by atoms with Gasteiger partial charge in [0.15, 0.2) is 0 Å². The van der Waals surface area contributed by atoms with Crippen molar-refractivity contribution in [3.8, 4) is 11.1 Å². The first-order chi connectivity index (χ1) is 13.0. The number of benzene rings is 2. The maximum atomic E-state index is 15.0. The molecule has 0 atom stereocenters. The lowest BCUT2D eigenvalue weighted by Gasteiger charge is -2.14. The smallest absolute Gasteiger partial charge is 0.271 e. The number of pyridine rings is 1. The highest BCUT2D eigenvalue weighted by Crippen LogP contribution is 2.41. The molecule has 1 fully saturated rings. The predicted molar refractivity (Wildman–Crippen MR) is 107 cm³/mol. The van der Waals surface area contributed by atoms with Gasteiger partial charge in [0.2, 0.25) is 5.43 Å². The second-order valence-electron chi connectivity index (χ2n) is 7.31. The zero-order valence-corrected chi connectivity index (χ0v) is 15.7. The van der Waals surface area contributed by atoms with Crippen molar-refractivity contribution < 1.29 is 4.39 Å². The Hall–Kier alpha value is -2.73.